The second-order valence-electron chi connectivity index (χ2n) is 5.78. The number of halogens is 1. The topological polar surface area (TPSA) is 73.8 Å². The molecule has 0 aliphatic heterocycles. The molecule has 1 amide bonds. The highest BCUT2D eigenvalue weighted by molar-refractivity contribution is 14.0. The van der Waals surface area contributed by atoms with Crippen molar-refractivity contribution in [3.05, 3.63) is 35.9 Å². The number of carbonyl (C=O) groups is 1. The van der Waals surface area contributed by atoms with Crippen LogP contribution in [0.25, 0.3) is 0 Å². The first-order chi connectivity index (χ1) is 12.6. The Kier molecular flexibility index (Phi) is 15.2. The Balaban J connectivity index is 0.00000676. The first-order valence-electron chi connectivity index (χ1n) is 9.29. The highest BCUT2D eigenvalue weighted by atomic mass is 127. The fourth-order valence-corrected chi connectivity index (χ4v) is 3.46. The molecule has 1 aromatic rings. The van der Waals surface area contributed by atoms with Crippen LogP contribution in [-0.2, 0) is 21.3 Å². The van der Waals surface area contributed by atoms with E-state index >= 15 is 0 Å². The standard InChI is InChI=1S/C19H32N4O2S.HI/c1-4-20-19(21-13-12-18(24)23(5-2)6-3)22-14-15-26(25)16-17-10-8-7-9-11-17;/h7-11H,4-6,12-16H2,1-3H3,(H2,20,21,22);1H. The van der Waals surface area contributed by atoms with Crippen molar-refractivity contribution in [3.63, 3.8) is 0 Å². The lowest BCUT2D eigenvalue weighted by Gasteiger charge is -2.19. The molecule has 0 fully saturated rings. The predicted octanol–water partition coefficient (Wildman–Crippen LogP) is 2.37. The number of nitrogens with zero attached hydrogens (tertiary/aromatic N) is 2. The smallest absolute Gasteiger partial charge is 0.224 e. The van der Waals surface area contributed by atoms with E-state index in [1.165, 1.54) is 0 Å². The monoisotopic (exact) mass is 508 g/mol. The number of hydrogen-bond donors (Lipinski definition) is 2. The van der Waals surface area contributed by atoms with Crippen molar-refractivity contribution in [2.24, 2.45) is 4.99 Å². The van der Waals surface area contributed by atoms with Crippen molar-refractivity contribution in [3.8, 4) is 0 Å². The molecular weight excluding hydrogens is 475 g/mol. The predicted molar refractivity (Wildman–Crippen MR) is 125 cm³/mol. The summed E-state index contributed by atoms with van der Waals surface area (Å²) in [6, 6.07) is 9.84. The number of nitrogens with one attached hydrogen (secondary N) is 2. The van der Waals surface area contributed by atoms with Gasteiger partial charge in [-0.2, -0.15) is 0 Å². The molecule has 0 spiro atoms. The molecule has 0 aliphatic rings. The molecule has 0 saturated heterocycles. The van der Waals surface area contributed by atoms with Crippen molar-refractivity contribution >= 4 is 46.6 Å². The molecule has 0 saturated carbocycles. The van der Waals surface area contributed by atoms with Crippen LogP contribution in [0.2, 0.25) is 0 Å². The van der Waals surface area contributed by atoms with Crippen molar-refractivity contribution < 1.29 is 9.00 Å². The van der Waals surface area contributed by atoms with Gasteiger partial charge in [0, 0.05) is 54.9 Å². The van der Waals surface area contributed by atoms with Gasteiger partial charge in [0.05, 0.1) is 6.54 Å². The summed E-state index contributed by atoms with van der Waals surface area (Å²) in [5.41, 5.74) is 1.08. The van der Waals surface area contributed by atoms with Crippen LogP contribution in [0.3, 0.4) is 0 Å². The Morgan fingerprint density at radius 1 is 1.11 bits per heavy atom. The molecule has 6 nitrogen and oxygen atoms in total. The summed E-state index contributed by atoms with van der Waals surface area (Å²) in [6.07, 6.45) is 0.437. The quantitative estimate of drug-likeness (QED) is 0.274. The van der Waals surface area contributed by atoms with Crippen LogP contribution in [0.4, 0.5) is 0 Å². The van der Waals surface area contributed by atoms with Crippen LogP contribution in [0, 0.1) is 0 Å². The zero-order valence-electron chi connectivity index (χ0n) is 16.6. The average molecular weight is 508 g/mol. The molecule has 0 bridgehead atoms. The summed E-state index contributed by atoms with van der Waals surface area (Å²) in [5.74, 6) is 1.88. The summed E-state index contributed by atoms with van der Waals surface area (Å²) in [5, 5.41) is 6.32. The summed E-state index contributed by atoms with van der Waals surface area (Å²) < 4.78 is 12.1. The van der Waals surface area contributed by atoms with Gasteiger partial charge in [-0.3, -0.25) is 14.0 Å². The molecule has 27 heavy (non-hydrogen) atoms. The third kappa shape index (κ3) is 11.3. The molecule has 8 heteroatoms. The van der Waals surface area contributed by atoms with Crippen LogP contribution in [0.15, 0.2) is 35.3 Å². The van der Waals surface area contributed by atoms with Gasteiger partial charge >= 0.3 is 0 Å². The zero-order chi connectivity index (χ0) is 19.2. The Morgan fingerprint density at radius 2 is 1.78 bits per heavy atom. The third-order valence-electron chi connectivity index (χ3n) is 3.85. The first kappa shape index (κ1) is 25.8. The van der Waals surface area contributed by atoms with E-state index < -0.39 is 10.8 Å². The minimum Gasteiger partial charge on any atom is -0.357 e. The Morgan fingerprint density at radius 3 is 2.37 bits per heavy atom. The van der Waals surface area contributed by atoms with Crippen molar-refractivity contribution in [1.29, 1.82) is 0 Å². The lowest BCUT2D eigenvalue weighted by molar-refractivity contribution is -0.130. The van der Waals surface area contributed by atoms with Gasteiger partial charge < -0.3 is 15.5 Å². The normalized spacial score (nSPS) is 12.0. The number of aliphatic imine (C=N–C) groups is 1. The average Bonchev–Trinajstić information content (AvgIpc) is 2.63. The van der Waals surface area contributed by atoms with Gasteiger partial charge in [0.2, 0.25) is 5.91 Å². The van der Waals surface area contributed by atoms with E-state index in [9.17, 15) is 9.00 Å². The van der Waals surface area contributed by atoms with E-state index in [0.717, 1.165) is 25.2 Å². The number of benzene rings is 1. The number of carbonyl (C=O) groups excluding carboxylic acids is 1. The van der Waals surface area contributed by atoms with Crippen LogP contribution in [0.1, 0.15) is 32.8 Å². The molecular formula is C19H33IN4O2S. The highest BCUT2D eigenvalue weighted by Gasteiger charge is 2.09. The highest BCUT2D eigenvalue weighted by Crippen LogP contribution is 2.02. The molecule has 1 rings (SSSR count). The van der Waals surface area contributed by atoms with Gasteiger partial charge in [-0.1, -0.05) is 30.3 Å². The summed E-state index contributed by atoms with van der Waals surface area (Å²) in [6.45, 7) is 9.18. The van der Waals surface area contributed by atoms with Gasteiger partial charge in [-0.25, -0.2) is 0 Å². The maximum Gasteiger partial charge on any atom is 0.224 e. The van der Waals surface area contributed by atoms with E-state index in [-0.39, 0.29) is 29.9 Å². The molecule has 0 radical (unpaired) electrons. The maximum absolute atomic E-state index is 12.1. The first-order valence-corrected chi connectivity index (χ1v) is 10.8. The van der Waals surface area contributed by atoms with Crippen molar-refractivity contribution in [1.82, 2.24) is 15.5 Å². The summed E-state index contributed by atoms with van der Waals surface area (Å²) in [7, 11) is -0.937. The molecule has 0 heterocycles. The SMILES string of the molecule is CCNC(=NCCS(=O)Cc1ccccc1)NCCC(=O)N(CC)CC.I. The van der Waals surface area contributed by atoms with Gasteiger partial charge in [0.15, 0.2) is 5.96 Å². The molecule has 0 aromatic heterocycles. The van der Waals surface area contributed by atoms with E-state index in [1.807, 2.05) is 56.0 Å². The number of hydrogen-bond acceptors (Lipinski definition) is 3. The Bertz CT molecular complexity index is 580. The van der Waals surface area contributed by atoms with Crippen LogP contribution < -0.4 is 10.6 Å². The van der Waals surface area contributed by atoms with Gasteiger partial charge in [0.25, 0.3) is 0 Å². The van der Waals surface area contributed by atoms with Crippen molar-refractivity contribution in [2.75, 3.05) is 38.5 Å². The van der Waals surface area contributed by atoms with E-state index in [1.54, 1.807) is 0 Å². The fourth-order valence-electron chi connectivity index (χ4n) is 2.46. The zero-order valence-corrected chi connectivity index (χ0v) is 19.7. The lowest BCUT2D eigenvalue weighted by atomic mass is 10.2. The van der Waals surface area contributed by atoms with Crippen LogP contribution in [-0.4, -0.2) is 59.5 Å². The largest absolute Gasteiger partial charge is 0.357 e. The fraction of sp³-hybridized carbons (Fsp3) is 0.579. The second kappa shape index (κ2) is 15.9. The minimum absolute atomic E-state index is 0. The number of rotatable bonds is 11. The molecule has 1 aromatic carbocycles. The van der Waals surface area contributed by atoms with E-state index in [4.69, 9.17) is 0 Å². The number of guanidine groups is 1. The van der Waals surface area contributed by atoms with Crippen LogP contribution in [0.5, 0.6) is 0 Å². The maximum atomic E-state index is 12.1. The Labute approximate surface area is 183 Å². The molecule has 2 N–H and O–H groups in total. The van der Waals surface area contributed by atoms with Crippen LogP contribution >= 0.6 is 24.0 Å². The molecule has 1 atom stereocenters. The summed E-state index contributed by atoms with van der Waals surface area (Å²) >= 11 is 0. The van der Waals surface area contributed by atoms with E-state index in [0.29, 0.717) is 37.0 Å². The number of amides is 1. The third-order valence-corrected chi connectivity index (χ3v) is 5.14. The van der Waals surface area contributed by atoms with Crippen molar-refractivity contribution in [2.45, 2.75) is 32.9 Å². The van der Waals surface area contributed by atoms with Gasteiger partial charge in [0.1, 0.15) is 0 Å². The summed E-state index contributed by atoms with van der Waals surface area (Å²) in [4.78, 5) is 18.3. The molecule has 154 valence electrons. The lowest BCUT2D eigenvalue weighted by Crippen LogP contribution is -2.40. The molecule has 0 aliphatic carbocycles. The molecule has 1 unspecified atom stereocenters. The van der Waals surface area contributed by atoms with Gasteiger partial charge in [-0.15, -0.1) is 24.0 Å². The second-order valence-corrected chi connectivity index (χ2v) is 7.35. The van der Waals surface area contributed by atoms with Gasteiger partial charge in [-0.05, 0) is 26.3 Å². The van der Waals surface area contributed by atoms with E-state index in [2.05, 4.69) is 15.6 Å². The Hall–Kier alpha value is -1.16. The minimum atomic E-state index is -0.937.